The quantitative estimate of drug-likeness (QED) is 0.700. The Morgan fingerprint density at radius 3 is 2.66 bits per heavy atom. The highest BCUT2D eigenvalue weighted by molar-refractivity contribution is 7.12. The first-order chi connectivity index (χ1) is 13.6. The van der Waals surface area contributed by atoms with Crippen LogP contribution in [0.5, 0.6) is 0 Å². The molecule has 0 radical (unpaired) electrons. The van der Waals surface area contributed by atoms with Gasteiger partial charge >= 0.3 is 5.97 Å². The Bertz CT molecular complexity index is 742. The maximum absolute atomic E-state index is 12.5. The summed E-state index contributed by atoms with van der Waals surface area (Å²) >= 11 is 1.37. The second-order valence-electron chi connectivity index (χ2n) is 8.22. The van der Waals surface area contributed by atoms with E-state index in [1.54, 1.807) is 11.0 Å². The van der Waals surface area contributed by atoms with Gasteiger partial charge in [-0.3, -0.25) is 19.2 Å². The SMILES string of the molecule is CN(CC(=O)NC(C)(C)C)C(=O)COC(=O)C1CCCN(C(=O)c2cccs2)C1. The molecule has 160 valence electrons. The average Bonchev–Trinajstić information content (AvgIpc) is 3.18. The molecular formula is C20H29N3O5S. The minimum Gasteiger partial charge on any atom is -0.455 e. The predicted octanol–water partition coefficient (Wildman–Crippen LogP) is 1.52. The van der Waals surface area contributed by atoms with Crippen LogP contribution in [-0.2, 0) is 19.1 Å². The lowest BCUT2D eigenvalue weighted by molar-refractivity contribution is -0.156. The van der Waals surface area contributed by atoms with E-state index in [-0.39, 0.29) is 30.4 Å². The van der Waals surface area contributed by atoms with Gasteiger partial charge in [0.05, 0.1) is 17.3 Å². The van der Waals surface area contributed by atoms with E-state index in [0.717, 1.165) is 0 Å². The number of likely N-dealkylation sites (N-methyl/N-ethyl adjacent to an activating group) is 1. The number of piperidine rings is 1. The Morgan fingerprint density at radius 2 is 2.03 bits per heavy atom. The molecule has 2 rings (SSSR count). The van der Waals surface area contributed by atoms with Crippen LogP contribution in [0.15, 0.2) is 17.5 Å². The molecule has 0 aliphatic carbocycles. The van der Waals surface area contributed by atoms with Crippen LogP contribution in [0.3, 0.4) is 0 Å². The van der Waals surface area contributed by atoms with Crippen LogP contribution in [0.2, 0.25) is 0 Å². The molecule has 1 N–H and O–H groups in total. The molecule has 1 fully saturated rings. The summed E-state index contributed by atoms with van der Waals surface area (Å²) in [6, 6.07) is 3.58. The van der Waals surface area contributed by atoms with E-state index in [1.165, 1.54) is 23.3 Å². The number of carbonyl (C=O) groups is 4. The molecule has 1 atom stereocenters. The van der Waals surface area contributed by atoms with Crippen LogP contribution >= 0.6 is 11.3 Å². The van der Waals surface area contributed by atoms with Crippen molar-refractivity contribution in [3.8, 4) is 0 Å². The van der Waals surface area contributed by atoms with Crippen molar-refractivity contribution in [1.29, 1.82) is 0 Å². The Hall–Kier alpha value is -2.42. The minimum atomic E-state index is -0.491. The first-order valence-electron chi connectivity index (χ1n) is 9.61. The summed E-state index contributed by atoms with van der Waals surface area (Å²) in [5, 5.41) is 4.61. The first kappa shape index (κ1) is 22.9. The Kier molecular flexibility index (Phi) is 7.78. The van der Waals surface area contributed by atoms with Crippen molar-refractivity contribution >= 4 is 35.0 Å². The molecule has 1 saturated heterocycles. The summed E-state index contributed by atoms with van der Waals surface area (Å²) in [5.41, 5.74) is -0.388. The largest absolute Gasteiger partial charge is 0.455 e. The summed E-state index contributed by atoms with van der Waals surface area (Å²) < 4.78 is 5.17. The molecule has 0 saturated carbocycles. The van der Waals surface area contributed by atoms with Crippen molar-refractivity contribution in [1.82, 2.24) is 15.1 Å². The molecule has 0 aromatic carbocycles. The molecule has 0 spiro atoms. The van der Waals surface area contributed by atoms with Crippen LogP contribution in [0.4, 0.5) is 0 Å². The number of carbonyl (C=O) groups excluding carboxylic acids is 4. The average molecular weight is 424 g/mol. The third kappa shape index (κ3) is 7.16. The van der Waals surface area contributed by atoms with Gasteiger partial charge in [0.15, 0.2) is 6.61 Å². The minimum absolute atomic E-state index is 0.0850. The Labute approximate surface area is 175 Å². The maximum Gasteiger partial charge on any atom is 0.311 e. The third-order valence-corrected chi connectivity index (χ3v) is 5.29. The summed E-state index contributed by atoms with van der Waals surface area (Å²) in [5.74, 6) is -1.76. The van der Waals surface area contributed by atoms with Crippen molar-refractivity contribution < 1.29 is 23.9 Å². The zero-order valence-corrected chi connectivity index (χ0v) is 18.2. The highest BCUT2D eigenvalue weighted by Crippen LogP contribution is 2.21. The number of likely N-dealkylation sites (tertiary alicyclic amines) is 1. The van der Waals surface area contributed by atoms with Gasteiger partial charge in [-0.05, 0) is 45.1 Å². The fraction of sp³-hybridized carbons (Fsp3) is 0.600. The van der Waals surface area contributed by atoms with Crippen LogP contribution in [0.1, 0.15) is 43.3 Å². The van der Waals surface area contributed by atoms with Gasteiger partial charge in [0, 0.05) is 25.7 Å². The van der Waals surface area contributed by atoms with E-state index in [9.17, 15) is 19.2 Å². The fourth-order valence-electron chi connectivity index (χ4n) is 3.03. The van der Waals surface area contributed by atoms with Crippen LogP contribution in [0, 0.1) is 5.92 Å². The number of thiophene rings is 1. The number of esters is 1. The van der Waals surface area contributed by atoms with Crippen LogP contribution < -0.4 is 5.32 Å². The second-order valence-corrected chi connectivity index (χ2v) is 9.17. The van der Waals surface area contributed by atoms with E-state index >= 15 is 0 Å². The maximum atomic E-state index is 12.5. The lowest BCUT2D eigenvalue weighted by Crippen LogP contribution is -2.47. The van der Waals surface area contributed by atoms with E-state index < -0.39 is 24.4 Å². The topological polar surface area (TPSA) is 96.0 Å². The fourth-order valence-corrected chi connectivity index (χ4v) is 3.72. The normalized spacial score (nSPS) is 16.8. The van der Waals surface area contributed by atoms with Crippen molar-refractivity contribution in [3.05, 3.63) is 22.4 Å². The first-order valence-corrected chi connectivity index (χ1v) is 10.5. The number of rotatable bonds is 6. The van der Waals surface area contributed by atoms with E-state index in [0.29, 0.717) is 24.3 Å². The lowest BCUT2D eigenvalue weighted by Gasteiger charge is -2.31. The van der Waals surface area contributed by atoms with Crippen molar-refractivity contribution in [2.45, 2.75) is 39.2 Å². The highest BCUT2D eigenvalue weighted by Gasteiger charge is 2.31. The molecule has 29 heavy (non-hydrogen) atoms. The number of ether oxygens (including phenoxy) is 1. The molecule has 1 aromatic rings. The number of nitrogens with one attached hydrogen (secondary N) is 1. The lowest BCUT2D eigenvalue weighted by atomic mass is 9.98. The zero-order chi connectivity index (χ0) is 21.6. The standard InChI is InChI=1S/C20H29N3O5S/c1-20(2,3)21-16(24)12-22(4)17(25)13-28-19(27)14-7-5-9-23(11-14)18(26)15-8-6-10-29-15/h6,8,10,14H,5,7,9,11-13H2,1-4H3,(H,21,24). The number of nitrogens with zero attached hydrogens (tertiary/aromatic N) is 2. The Morgan fingerprint density at radius 1 is 1.31 bits per heavy atom. The molecule has 1 unspecified atom stereocenters. The summed E-state index contributed by atoms with van der Waals surface area (Å²) in [7, 11) is 1.49. The summed E-state index contributed by atoms with van der Waals surface area (Å²) in [4.78, 5) is 52.5. The van der Waals surface area contributed by atoms with Crippen LogP contribution in [0.25, 0.3) is 0 Å². The zero-order valence-electron chi connectivity index (χ0n) is 17.4. The summed E-state index contributed by atoms with van der Waals surface area (Å²) in [6.45, 7) is 5.91. The highest BCUT2D eigenvalue weighted by atomic mass is 32.1. The second kappa shape index (κ2) is 9.87. The van der Waals surface area contributed by atoms with Crippen molar-refractivity contribution in [2.75, 3.05) is 33.3 Å². The van der Waals surface area contributed by atoms with Gasteiger partial charge in [-0.2, -0.15) is 0 Å². The molecular weight excluding hydrogens is 394 g/mol. The number of amides is 3. The summed E-state index contributed by atoms with van der Waals surface area (Å²) in [6.07, 6.45) is 1.32. The van der Waals surface area contributed by atoms with Gasteiger partial charge in [-0.15, -0.1) is 11.3 Å². The van der Waals surface area contributed by atoms with Gasteiger partial charge in [-0.1, -0.05) is 6.07 Å². The van der Waals surface area contributed by atoms with E-state index in [2.05, 4.69) is 5.32 Å². The third-order valence-electron chi connectivity index (χ3n) is 4.43. The molecule has 1 aliphatic rings. The molecule has 8 nitrogen and oxygen atoms in total. The van der Waals surface area contributed by atoms with Gasteiger partial charge in [-0.25, -0.2) is 0 Å². The molecule has 1 aromatic heterocycles. The van der Waals surface area contributed by atoms with E-state index in [4.69, 9.17) is 4.74 Å². The van der Waals surface area contributed by atoms with Gasteiger partial charge in [0.25, 0.3) is 11.8 Å². The molecule has 3 amide bonds. The van der Waals surface area contributed by atoms with E-state index in [1.807, 2.05) is 32.2 Å². The monoisotopic (exact) mass is 423 g/mol. The van der Waals surface area contributed by atoms with Gasteiger partial charge in [0.1, 0.15) is 0 Å². The van der Waals surface area contributed by atoms with Crippen molar-refractivity contribution in [3.63, 3.8) is 0 Å². The molecule has 1 aliphatic heterocycles. The molecule has 2 heterocycles. The Balaban J connectivity index is 1.79. The molecule has 9 heteroatoms. The van der Waals surface area contributed by atoms with Crippen molar-refractivity contribution in [2.24, 2.45) is 5.92 Å². The van der Waals surface area contributed by atoms with Gasteiger partial charge in [0.2, 0.25) is 5.91 Å². The van der Waals surface area contributed by atoms with Gasteiger partial charge < -0.3 is 19.9 Å². The number of hydrogen-bond acceptors (Lipinski definition) is 6. The molecule has 0 bridgehead atoms. The predicted molar refractivity (Wildman–Crippen MR) is 109 cm³/mol. The van der Waals surface area contributed by atoms with Crippen LogP contribution in [-0.4, -0.2) is 72.3 Å². The number of hydrogen-bond donors (Lipinski definition) is 1. The smallest absolute Gasteiger partial charge is 0.311 e.